The van der Waals surface area contributed by atoms with Gasteiger partial charge < -0.3 is 4.74 Å². The van der Waals surface area contributed by atoms with Gasteiger partial charge in [-0.15, -0.1) is 0 Å². The maximum absolute atomic E-state index is 11.7. The first kappa shape index (κ1) is 13.1. The summed E-state index contributed by atoms with van der Waals surface area (Å²) in [6, 6.07) is 9.80. The number of esters is 1. The number of carbonyl (C=O) groups is 1. The number of hydrogen-bond acceptors (Lipinski definition) is 3. The predicted octanol–water partition coefficient (Wildman–Crippen LogP) is 2.46. The van der Waals surface area contributed by atoms with Crippen molar-refractivity contribution in [1.29, 1.82) is 0 Å². The average molecular weight is 247 g/mol. The van der Waals surface area contributed by atoms with Crippen molar-refractivity contribution in [2.75, 3.05) is 19.6 Å². The van der Waals surface area contributed by atoms with Crippen molar-refractivity contribution in [1.82, 2.24) is 4.90 Å². The van der Waals surface area contributed by atoms with Crippen molar-refractivity contribution in [3.05, 3.63) is 35.9 Å². The van der Waals surface area contributed by atoms with Gasteiger partial charge in [0.2, 0.25) is 0 Å². The van der Waals surface area contributed by atoms with E-state index in [-0.39, 0.29) is 5.97 Å². The SMILES string of the molecule is CC1CCN(CC(=O)OCc2ccccc2)CC1. The molecular formula is C15H21NO2. The van der Waals surface area contributed by atoms with Crippen LogP contribution in [-0.2, 0) is 16.1 Å². The van der Waals surface area contributed by atoms with Crippen LogP contribution in [-0.4, -0.2) is 30.5 Å². The first-order valence-electron chi connectivity index (χ1n) is 6.66. The lowest BCUT2D eigenvalue weighted by Gasteiger charge is -2.29. The zero-order valence-corrected chi connectivity index (χ0v) is 11.0. The summed E-state index contributed by atoms with van der Waals surface area (Å²) in [6.07, 6.45) is 2.37. The summed E-state index contributed by atoms with van der Waals surface area (Å²) in [5.74, 6) is 0.676. The highest BCUT2D eigenvalue weighted by molar-refractivity contribution is 5.71. The molecule has 1 fully saturated rings. The average Bonchev–Trinajstić information content (AvgIpc) is 2.40. The number of ether oxygens (including phenoxy) is 1. The molecule has 1 saturated heterocycles. The molecule has 0 amide bonds. The molecule has 0 bridgehead atoms. The largest absolute Gasteiger partial charge is 0.460 e. The first-order valence-corrected chi connectivity index (χ1v) is 6.66. The molecule has 0 unspecified atom stereocenters. The zero-order valence-electron chi connectivity index (χ0n) is 11.0. The van der Waals surface area contributed by atoms with Crippen LogP contribution in [0.15, 0.2) is 30.3 Å². The van der Waals surface area contributed by atoms with Crippen LogP contribution in [0, 0.1) is 5.92 Å². The van der Waals surface area contributed by atoms with Gasteiger partial charge in [-0.1, -0.05) is 37.3 Å². The number of piperidine rings is 1. The van der Waals surface area contributed by atoms with Crippen molar-refractivity contribution in [2.24, 2.45) is 5.92 Å². The molecule has 1 aliphatic rings. The van der Waals surface area contributed by atoms with Crippen LogP contribution >= 0.6 is 0 Å². The summed E-state index contributed by atoms with van der Waals surface area (Å²) in [4.78, 5) is 13.9. The lowest BCUT2D eigenvalue weighted by Crippen LogP contribution is -2.37. The summed E-state index contributed by atoms with van der Waals surface area (Å²) >= 11 is 0. The van der Waals surface area contributed by atoms with E-state index in [4.69, 9.17) is 4.74 Å². The Morgan fingerprint density at radius 2 is 1.94 bits per heavy atom. The lowest BCUT2D eigenvalue weighted by atomic mass is 9.99. The summed E-state index contributed by atoms with van der Waals surface area (Å²) in [6.45, 7) is 5.11. The fourth-order valence-electron chi connectivity index (χ4n) is 2.19. The van der Waals surface area contributed by atoms with E-state index in [1.54, 1.807) is 0 Å². The maximum atomic E-state index is 11.7. The smallest absolute Gasteiger partial charge is 0.320 e. The van der Waals surface area contributed by atoms with Crippen LogP contribution in [0.5, 0.6) is 0 Å². The summed E-state index contributed by atoms with van der Waals surface area (Å²) in [5.41, 5.74) is 1.04. The van der Waals surface area contributed by atoms with Crippen molar-refractivity contribution in [3.63, 3.8) is 0 Å². The fourth-order valence-corrected chi connectivity index (χ4v) is 2.19. The Balaban J connectivity index is 1.69. The minimum atomic E-state index is -0.117. The Morgan fingerprint density at radius 1 is 1.28 bits per heavy atom. The van der Waals surface area contributed by atoms with Crippen molar-refractivity contribution < 1.29 is 9.53 Å². The van der Waals surface area contributed by atoms with Gasteiger partial charge in [0.25, 0.3) is 0 Å². The molecule has 0 radical (unpaired) electrons. The standard InChI is InChI=1S/C15H21NO2/c1-13-7-9-16(10-8-13)11-15(17)18-12-14-5-3-2-4-6-14/h2-6,13H,7-12H2,1H3. The molecule has 0 spiro atoms. The van der Waals surface area contributed by atoms with Crippen LogP contribution in [0.1, 0.15) is 25.3 Å². The molecule has 3 heteroatoms. The molecule has 0 aliphatic carbocycles. The molecule has 1 aliphatic heterocycles. The molecule has 3 nitrogen and oxygen atoms in total. The summed E-state index contributed by atoms with van der Waals surface area (Å²) in [5, 5.41) is 0. The molecule has 0 N–H and O–H groups in total. The van der Waals surface area contributed by atoms with Gasteiger partial charge in [-0.05, 0) is 37.4 Å². The minimum Gasteiger partial charge on any atom is -0.460 e. The van der Waals surface area contributed by atoms with Crippen molar-refractivity contribution >= 4 is 5.97 Å². The Kier molecular flexibility index (Phi) is 4.76. The van der Waals surface area contributed by atoms with Gasteiger partial charge in [-0.2, -0.15) is 0 Å². The number of rotatable bonds is 4. The van der Waals surface area contributed by atoms with Gasteiger partial charge in [0.15, 0.2) is 0 Å². The second-order valence-electron chi connectivity index (χ2n) is 5.10. The number of carbonyl (C=O) groups excluding carboxylic acids is 1. The minimum absolute atomic E-state index is 0.117. The van der Waals surface area contributed by atoms with Gasteiger partial charge >= 0.3 is 5.97 Å². The van der Waals surface area contributed by atoms with Crippen LogP contribution < -0.4 is 0 Å². The molecule has 98 valence electrons. The quantitative estimate of drug-likeness (QED) is 0.765. The molecule has 1 aromatic carbocycles. The van der Waals surface area contributed by atoms with Gasteiger partial charge in [0.1, 0.15) is 6.61 Å². The van der Waals surface area contributed by atoms with Gasteiger partial charge in [0, 0.05) is 0 Å². The molecule has 18 heavy (non-hydrogen) atoms. The van der Waals surface area contributed by atoms with E-state index in [0.717, 1.165) is 24.6 Å². The third kappa shape index (κ3) is 4.15. The second-order valence-corrected chi connectivity index (χ2v) is 5.10. The number of nitrogens with zero attached hydrogens (tertiary/aromatic N) is 1. The molecule has 0 atom stereocenters. The molecule has 0 aromatic heterocycles. The Labute approximate surface area is 109 Å². The summed E-state index contributed by atoms with van der Waals surface area (Å²) < 4.78 is 5.28. The third-order valence-electron chi connectivity index (χ3n) is 3.47. The number of hydrogen-bond donors (Lipinski definition) is 0. The van der Waals surface area contributed by atoms with E-state index >= 15 is 0 Å². The van der Waals surface area contributed by atoms with Crippen LogP contribution in [0.3, 0.4) is 0 Å². The fraction of sp³-hybridized carbons (Fsp3) is 0.533. The van der Waals surface area contributed by atoms with Gasteiger partial charge in [-0.3, -0.25) is 9.69 Å². The van der Waals surface area contributed by atoms with Crippen LogP contribution in [0.4, 0.5) is 0 Å². The Hall–Kier alpha value is -1.35. The van der Waals surface area contributed by atoms with E-state index in [9.17, 15) is 4.79 Å². The number of likely N-dealkylation sites (tertiary alicyclic amines) is 1. The summed E-state index contributed by atoms with van der Waals surface area (Å²) in [7, 11) is 0. The third-order valence-corrected chi connectivity index (χ3v) is 3.47. The second kappa shape index (κ2) is 6.55. The molecule has 2 rings (SSSR count). The van der Waals surface area contributed by atoms with E-state index < -0.39 is 0 Å². The molecule has 1 heterocycles. The molecule has 0 saturated carbocycles. The number of benzene rings is 1. The molecule has 1 aromatic rings. The Bertz CT molecular complexity index is 369. The highest BCUT2D eigenvalue weighted by atomic mass is 16.5. The maximum Gasteiger partial charge on any atom is 0.320 e. The molecular weight excluding hydrogens is 226 g/mol. The van der Waals surface area contributed by atoms with E-state index in [0.29, 0.717) is 13.2 Å². The normalized spacial score (nSPS) is 17.6. The van der Waals surface area contributed by atoms with E-state index in [2.05, 4.69) is 11.8 Å². The van der Waals surface area contributed by atoms with Crippen LogP contribution in [0.2, 0.25) is 0 Å². The monoisotopic (exact) mass is 247 g/mol. The highest BCUT2D eigenvalue weighted by Crippen LogP contribution is 2.15. The topological polar surface area (TPSA) is 29.5 Å². The highest BCUT2D eigenvalue weighted by Gasteiger charge is 2.18. The first-order chi connectivity index (χ1) is 8.74. The van der Waals surface area contributed by atoms with Gasteiger partial charge in [-0.25, -0.2) is 0 Å². The van der Waals surface area contributed by atoms with E-state index in [1.807, 2.05) is 30.3 Å². The van der Waals surface area contributed by atoms with Crippen molar-refractivity contribution in [3.8, 4) is 0 Å². The lowest BCUT2D eigenvalue weighted by molar-refractivity contribution is -0.146. The predicted molar refractivity (Wildman–Crippen MR) is 71.1 cm³/mol. The van der Waals surface area contributed by atoms with Crippen LogP contribution in [0.25, 0.3) is 0 Å². The zero-order chi connectivity index (χ0) is 12.8. The van der Waals surface area contributed by atoms with E-state index in [1.165, 1.54) is 12.8 Å². The van der Waals surface area contributed by atoms with Crippen molar-refractivity contribution in [2.45, 2.75) is 26.4 Å². The Morgan fingerprint density at radius 3 is 2.61 bits per heavy atom. The van der Waals surface area contributed by atoms with Gasteiger partial charge in [0.05, 0.1) is 6.54 Å².